The number of nitrogens with one attached hydrogen (secondary N) is 2. The number of rotatable bonds is 11. The lowest BCUT2D eigenvalue weighted by atomic mass is 10.2. The minimum Gasteiger partial charge on any atom is -0.497 e. The monoisotopic (exact) mass is 363 g/mol. The molecule has 1 saturated heterocycles. The van der Waals surface area contributed by atoms with Crippen molar-refractivity contribution in [2.45, 2.75) is 45.3 Å². The molecule has 26 heavy (non-hydrogen) atoms. The lowest BCUT2D eigenvalue weighted by Gasteiger charge is -2.15. The van der Waals surface area contributed by atoms with Gasteiger partial charge in [0.05, 0.1) is 19.8 Å². The second kappa shape index (κ2) is 12.5. The lowest BCUT2D eigenvalue weighted by Crippen LogP contribution is -2.39. The molecule has 1 atom stereocenters. The van der Waals surface area contributed by atoms with Gasteiger partial charge in [-0.1, -0.05) is 12.1 Å². The third-order valence-electron chi connectivity index (χ3n) is 4.32. The van der Waals surface area contributed by atoms with Gasteiger partial charge in [-0.05, 0) is 50.3 Å². The molecule has 146 valence electrons. The van der Waals surface area contributed by atoms with E-state index in [-0.39, 0.29) is 0 Å². The molecule has 2 rings (SSSR count). The van der Waals surface area contributed by atoms with E-state index in [1.165, 1.54) is 12.8 Å². The van der Waals surface area contributed by atoms with Gasteiger partial charge in [0.1, 0.15) is 5.75 Å². The van der Waals surface area contributed by atoms with Gasteiger partial charge in [0.2, 0.25) is 0 Å². The third kappa shape index (κ3) is 8.06. The second-order valence-corrected chi connectivity index (χ2v) is 6.34. The number of guanidine groups is 1. The van der Waals surface area contributed by atoms with Crippen molar-refractivity contribution in [3.63, 3.8) is 0 Å². The molecule has 1 fully saturated rings. The van der Waals surface area contributed by atoms with Crippen LogP contribution in [0.1, 0.15) is 38.2 Å². The van der Waals surface area contributed by atoms with Crippen molar-refractivity contribution >= 4 is 5.96 Å². The Morgan fingerprint density at radius 3 is 2.73 bits per heavy atom. The van der Waals surface area contributed by atoms with Gasteiger partial charge >= 0.3 is 0 Å². The topological polar surface area (TPSA) is 64.1 Å². The quantitative estimate of drug-likeness (QED) is 0.360. The molecule has 0 aliphatic carbocycles. The van der Waals surface area contributed by atoms with Crippen LogP contribution in [-0.2, 0) is 16.0 Å². The van der Waals surface area contributed by atoms with Crippen LogP contribution in [-0.4, -0.2) is 52.1 Å². The smallest absolute Gasteiger partial charge is 0.191 e. The highest BCUT2D eigenvalue weighted by molar-refractivity contribution is 5.79. The number of aliphatic imine (C=N–C) groups is 1. The maximum absolute atomic E-state index is 5.68. The summed E-state index contributed by atoms with van der Waals surface area (Å²) in [6, 6.07) is 8.01. The fraction of sp³-hybridized carbons (Fsp3) is 0.650. The average molecular weight is 364 g/mol. The molecule has 6 nitrogen and oxygen atoms in total. The van der Waals surface area contributed by atoms with Crippen LogP contribution in [0.25, 0.3) is 0 Å². The summed E-state index contributed by atoms with van der Waals surface area (Å²) in [6.07, 6.45) is 4.72. The lowest BCUT2D eigenvalue weighted by molar-refractivity contribution is 0.105. The third-order valence-corrected chi connectivity index (χ3v) is 4.32. The Labute approximate surface area is 157 Å². The van der Waals surface area contributed by atoms with Crippen LogP contribution in [0.3, 0.4) is 0 Å². The fourth-order valence-corrected chi connectivity index (χ4v) is 2.82. The maximum Gasteiger partial charge on any atom is 0.191 e. The first-order chi connectivity index (χ1) is 12.8. The molecule has 2 N–H and O–H groups in total. The van der Waals surface area contributed by atoms with E-state index in [2.05, 4.69) is 10.6 Å². The second-order valence-electron chi connectivity index (χ2n) is 6.34. The number of hydrogen-bond donors (Lipinski definition) is 2. The first kappa shape index (κ1) is 20.5. The van der Waals surface area contributed by atoms with Crippen LogP contribution >= 0.6 is 0 Å². The van der Waals surface area contributed by atoms with E-state index in [0.717, 1.165) is 63.0 Å². The van der Waals surface area contributed by atoms with Gasteiger partial charge in [0.15, 0.2) is 5.96 Å². The van der Waals surface area contributed by atoms with Crippen molar-refractivity contribution in [2.24, 2.45) is 4.99 Å². The number of nitrogens with zero attached hydrogens (tertiary/aromatic N) is 1. The summed E-state index contributed by atoms with van der Waals surface area (Å²) in [5, 5.41) is 6.81. The molecule has 1 aliphatic heterocycles. The van der Waals surface area contributed by atoms with Gasteiger partial charge < -0.3 is 24.8 Å². The summed E-state index contributed by atoms with van der Waals surface area (Å²) >= 11 is 0. The van der Waals surface area contributed by atoms with Gasteiger partial charge in [0, 0.05) is 32.9 Å². The molecule has 6 heteroatoms. The van der Waals surface area contributed by atoms with Crippen molar-refractivity contribution in [3.05, 3.63) is 29.8 Å². The molecule has 0 bridgehead atoms. The number of hydrogen-bond acceptors (Lipinski definition) is 4. The highest BCUT2D eigenvalue weighted by Crippen LogP contribution is 2.14. The van der Waals surface area contributed by atoms with Crippen LogP contribution in [0.2, 0.25) is 0 Å². The minimum absolute atomic E-state index is 0.392. The zero-order valence-corrected chi connectivity index (χ0v) is 16.1. The summed E-state index contributed by atoms with van der Waals surface area (Å²) in [6.45, 7) is 6.79. The predicted molar refractivity (Wildman–Crippen MR) is 105 cm³/mol. The van der Waals surface area contributed by atoms with Crippen molar-refractivity contribution in [1.82, 2.24) is 10.6 Å². The average Bonchev–Trinajstić information content (AvgIpc) is 3.19. The maximum atomic E-state index is 5.68. The summed E-state index contributed by atoms with van der Waals surface area (Å²) in [5.74, 6) is 1.71. The summed E-state index contributed by atoms with van der Waals surface area (Å²) in [5.41, 5.74) is 1.15. The molecular weight excluding hydrogens is 330 g/mol. The first-order valence-corrected chi connectivity index (χ1v) is 9.66. The molecule has 1 aromatic rings. The van der Waals surface area contributed by atoms with Gasteiger partial charge in [0.25, 0.3) is 0 Å². The molecular formula is C20H33N3O3. The minimum atomic E-state index is 0.392. The highest BCUT2D eigenvalue weighted by Gasteiger charge is 2.14. The fourth-order valence-electron chi connectivity index (χ4n) is 2.82. The van der Waals surface area contributed by atoms with E-state index in [1.54, 1.807) is 7.11 Å². The summed E-state index contributed by atoms with van der Waals surface area (Å²) < 4.78 is 16.3. The Kier molecular flexibility index (Phi) is 9.90. The van der Waals surface area contributed by atoms with Crippen LogP contribution < -0.4 is 15.4 Å². The number of benzene rings is 1. The van der Waals surface area contributed by atoms with Crippen LogP contribution in [0.5, 0.6) is 5.75 Å². The molecule has 0 spiro atoms. The van der Waals surface area contributed by atoms with Crippen LogP contribution in [0, 0.1) is 0 Å². The van der Waals surface area contributed by atoms with Crippen LogP contribution in [0.15, 0.2) is 29.3 Å². The molecule has 0 aromatic heterocycles. The Morgan fingerprint density at radius 2 is 2.04 bits per heavy atom. The normalized spacial score (nSPS) is 17.3. The molecule has 1 unspecified atom stereocenters. The van der Waals surface area contributed by atoms with E-state index >= 15 is 0 Å². The molecule has 1 aliphatic rings. The SMILES string of the molecule is CCOCCCNC(=NCc1ccc(OC)cc1)NCCC1CCCO1. The van der Waals surface area contributed by atoms with Gasteiger partial charge in [-0.15, -0.1) is 0 Å². The van der Waals surface area contributed by atoms with Crippen molar-refractivity contribution < 1.29 is 14.2 Å². The Bertz CT molecular complexity index is 514. The number of methoxy groups -OCH3 is 1. The van der Waals surface area contributed by atoms with E-state index in [1.807, 2.05) is 31.2 Å². The zero-order valence-electron chi connectivity index (χ0n) is 16.1. The predicted octanol–water partition coefficient (Wildman–Crippen LogP) is 2.73. The molecule has 1 aromatic carbocycles. The van der Waals surface area contributed by atoms with Crippen LogP contribution in [0.4, 0.5) is 0 Å². The molecule has 0 amide bonds. The molecule has 0 saturated carbocycles. The molecule has 1 heterocycles. The summed E-state index contributed by atoms with van der Waals surface area (Å²) in [4.78, 5) is 4.70. The first-order valence-electron chi connectivity index (χ1n) is 9.66. The van der Waals surface area contributed by atoms with E-state index in [0.29, 0.717) is 12.6 Å². The van der Waals surface area contributed by atoms with E-state index in [9.17, 15) is 0 Å². The van der Waals surface area contributed by atoms with Gasteiger partial charge in [-0.2, -0.15) is 0 Å². The Hall–Kier alpha value is -1.79. The highest BCUT2D eigenvalue weighted by atomic mass is 16.5. The van der Waals surface area contributed by atoms with Crippen molar-refractivity contribution in [3.8, 4) is 5.75 Å². The van der Waals surface area contributed by atoms with E-state index in [4.69, 9.17) is 19.2 Å². The Balaban J connectivity index is 1.80. The standard InChI is InChI=1S/C20H33N3O3/c1-3-25-14-5-12-21-20(22-13-11-19-6-4-15-26-19)23-16-17-7-9-18(24-2)10-8-17/h7-10,19H,3-6,11-16H2,1-2H3,(H2,21,22,23). The molecule has 0 radical (unpaired) electrons. The van der Waals surface area contributed by atoms with E-state index < -0.39 is 0 Å². The van der Waals surface area contributed by atoms with Crippen molar-refractivity contribution in [2.75, 3.05) is 40.0 Å². The Morgan fingerprint density at radius 1 is 1.23 bits per heavy atom. The largest absolute Gasteiger partial charge is 0.497 e. The van der Waals surface area contributed by atoms with Gasteiger partial charge in [-0.3, -0.25) is 0 Å². The number of ether oxygens (including phenoxy) is 3. The van der Waals surface area contributed by atoms with Crippen molar-refractivity contribution in [1.29, 1.82) is 0 Å². The van der Waals surface area contributed by atoms with Gasteiger partial charge in [-0.25, -0.2) is 4.99 Å². The zero-order chi connectivity index (χ0) is 18.5. The summed E-state index contributed by atoms with van der Waals surface area (Å²) in [7, 11) is 1.68.